The van der Waals surface area contributed by atoms with E-state index in [0.717, 1.165) is 51.4 Å². The van der Waals surface area contributed by atoms with Gasteiger partial charge in [0.2, 0.25) is 0 Å². The summed E-state index contributed by atoms with van der Waals surface area (Å²) in [5.74, 6) is 0.813. The van der Waals surface area contributed by atoms with E-state index in [4.69, 9.17) is 14.2 Å². The molecule has 0 aromatic heterocycles. The lowest BCUT2D eigenvalue weighted by molar-refractivity contribution is -0.328. The van der Waals surface area contributed by atoms with Crippen LogP contribution in [0.3, 0.4) is 0 Å². The highest BCUT2D eigenvalue weighted by Crippen LogP contribution is 2.79. The van der Waals surface area contributed by atoms with Crippen molar-refractivity contribution in [2.75, 3.05) is 6.61 Å². The second-order valence-corrected chi connectivity index (χ2v) is 18.7. The molecule has 6 rings (SSSR count). The first-order valence-electron chi connectivity index (χ1n) is 18.3. The summed E-state index contributed by atoms with van der Waals surface area (Å²) in [6.45, 7) is 19.1. The summed E-state index contributed by atoms with van der Waals surface area (Å²) >= 11 is 0. The van der Waals surface area contributed by atoms with Gasteiger partial charge in [-0.05, 0) is 104 Å². The highest BCUT2D eigenvalue weighted by molar-refractivity contribution is 5.88. The molecule has 5 N–H and O–H groups in total. The normalized spacial score (nSPS) is 49.2. The van der Waals surface area contributed by atoms with Gasteiger partial charge in [0.1, 0.15) is 30.0 Å². The molecule has 14 atom stereocenters. The SMILES string of the molecule is C[C@H](CC[C@@](C)(O)C(C)(C)C)[C@H]1CC[C@]23C(=O)O[C@]4(CC[C@]12C)C3=CC[C@H]1C(C)(C)[C@@H](O[C@@H]2O[C@H](CO)[C@H](O)[C@H](O)[C@H]2O)CC[C@@]14C. The summed E-state index contributed by atoms with van der Waals surface area (Å²) in [6, 6.07) is 0. The number of allylic oxidation sites excluding steroid dienone is 1. The van der Waals surface area contributed by atoms with E-state index >= 15 is 0 Å². The van der Waals surface area contributed by atoms with Crippen LogP contribution >= 0.6 is 0 Å². The number of hydrogen-bond acceptors (Lipinski definition) is 9. The van der Waals surface area contributed by atoms with Crippen molar-refractivity contribution in [3.63, 3.8) is 0 Å². The molecule has 47 heavy (non-hydrogen) atoms. The summed E-state index contributed by atoms with van der Waals surface area (Å²) < 4.78 is 19.0. The first kappa shape index (κ1) is 35.7. The Morgan fingerprint density at radius 2 is 1.64 bits per heavy atom. The minimum Gasteiger partial charge on any atom is -0.453 e. The zero-order chi connectivity index (χ0) is 34.8. The van der Waals surface area contributed by atoms with Crippen molar-refractivity contribution in [3.05, 3.63) is 11.6 Å². The third-order valence-electron chi connectivity index (χ3n) is 15.6. The van der Waals surface area contributed by atoms with Crippen LogP contribution in [0.4, 0.5) is 0 Å². The molecule has 268 valence electrons. The van der Waals surface area contributed by atoms with E-state index in [1.54, 1.807) is 0 Å². The molecule has 5 fully saturated rings. The third kappa shape index (κ3) is 4.69. The largest absolute Gasteiger partial charge is 0.453 e. The van der Waals surface area contributed by atoms with Gasteiger partial charge in [-0.25, -0.2) is 0 Å². The molecular weight excluding hydrogens is 600 g/mol. The number of esters is 1. The molecule has 2 heterocycles. The number of aliphatic hydroxyl groups is 5. The van der Waals surface area contributed by atoms with Crippen LogP contribution in [0.5, 0.6) is 0 Å². The molecule has 0 radical (unpaired) electrons. The summed E-state index contributed by atoms with van der Waals surface area (Å²) in [5.41, 5.74) is -1.94. The molecule has 6 aliphatic rings. The van der Waals surface area contributed by atoms with E-state index in [1.165, 1.54) is 5.57 Å². The Morgan fingerprint density at radius 1 is 0.957 bits per heavy atom. The number of ether oxygens (including phenoxy) is 3. The predicted octanol–water partition coefficient (Wildman–Crippen LogP) is 4.65. The van der Waals surface area contributed by atoms with E-state index in [2.05, 4.69) is 61.5 Å². The summed E-state index contributed by atoms with van der Waals surface area (Å²) in [4.78, 5) is 14.5. The number of hydrogen-bond donors (Lipinski definition) is 5. The maximum atomic E-state index is 14.5. The van der Waals surface area contributed by atoms with Gasteiger partial charge in [-0.2, -0.15) is 0 Å². The van der Waals surface area contributed by atoms with Crippen LogP contribution in [0.15, 0.2) is 11.6 Å². The Morgan fingerprint density at radius 3 is 2.28 bits per heavy atom. The lowest BCUT2D eigenvalue weighted by atomic mass is 9.40. The molecule has 0 amide bonds. The van der Waals surface area contributed by atoms with Crippen LogP contribution < -0.4 is 0 Å². The molecule has 2 bridgehead atoms. The fourth-order valence-electron chi connectivity index (χ4n) is 11.8. The maximum absolute atomic E-state index is 14.5. The number of carbonyl (C=O) groups is 1. The first-order valence-corrected chi connectivity index (χ1v) is 18.3. The van der Waals surface area contributed by atoms with Crippen molar-refractivity contribution in [2.24, 2.45) is 44.8 Å². The number of rotatable bonds is 7. The first-order chi connectivity index (χ1) is 21.6. The topological polar surface area (TPSA) is 146 Å². The molecule has 0 aromatic rings. The van der Waals surface area contributed by atoms with Crippen LogP contribution in [0.25, 0.3) is 0 Å². The Balaban J connectivity index is 1.26. The van der Waals surface area contributed by atoms with E-state index in [1.807, 2.05) is 6.92 Å². The molecule has 2 saturated heterocycles. The molecule has 3 saturated carbocycles. The van der Waals surface area contributed by atoms with Crippen LogP contribution in [-0.4, -0.2) is 86.1 Å². The molecule has 0 unspecified atom stereocenters. The van der Waals surface area contributed by atoms with Crippen LogP contribution in [0, 0.1) is 44.8 Å². The van der Waals surface area contributed by atoms with Gasteiger partial charge in [0.15, 0.2) is 6.29 Å². The van der Waals surface area contributed by atoms with E-state index in [0.29, 0.717) is 18.3 Å². The minimum atomic E-state index is -1.49. The molecule has 1 spiro atoms. The van der Waals surface area contributed by atoms with Gasteiger partial charge in [0, 0.05) is 5.41 Å². The molecule has 9 heteroatoms. The number of aliphatic hydroxyl groups excluding tert-OH is 4. The second kappa shape index (κ2) is 11.2. The van der Waals surface area contributed by atoms with Crippen molar-refractivity contribution < 1.29 is 44.5 Å². The Labute approximate surface area is 281 Å². The lowest BCUT2D eigenvalue weighted by Crippen LogP contribution is -2.66. The van der Waals surface area contributed by atoms with Gasteiger partial charge in [0.05, 0.1) is 23.7 Å². The summed E-state index contributed by atoms with van der Waals surface area (Å²) in [5, 5.41) is 52.3. The molecule has 9 nitrogen and oxygen atoms in total. The number of fused-ring (bicyclic) bond motifs is 1. The zero-order valence-electron chi connectivity index (χ0n) is 30.2. The molecule has 4 aliphatic carbocycles. The van der Waals surface area contributed by atoms with Crippen LogP contribution in [-0.2, 0) is 19.0 Å². The Hall–Kier alpha value is -1.07. The zero-order valence-corrected chi connectivity index (χ0v) is 30.2. The molecule has 2 aliphatic heterocycles. The van der Waals surface area contributed by atoms with Gasteiger partial charge in [-0.3, -0.25) is 4.79 Å². The smallest absolute Gasteiger partial charge is 0.317 e. The minimum absolute atomic E-state index is 0.0421. The predicted molar refractivity (Wildman–Crippen MR) is 176 cm³/mol. The van der Waals surface area contributed by atoms with Gasteiger partial charge >= 0.3 is 5.97 Å². The fraction of sp³-hybridized carbons (Fsp3) is 0.921. The van der Waals surface area contributed by atoms with Crippen molar-refractivity contribution in [1.29, 1.82) is 0 Å². The average Bonchev–Trinajstić information content (AvgIpc) is 3.41. The number of carbonyl (C=O) groups excluding carboxylic acids is 1. The molecular formula is C38H62O9. The van der Waals surface area contributed by atoms with Crippen molar-refractivity contribution in [1.82, 2.24) is 0 Å². The summed E-state index contributed by atoms with van der Waals surface area (Å²) in [7, 11) is 0. The van der Waals surface area contributed by atoms with Crippen LogP contribution in [0.2, 0.25) is 0 Å². The maximum Gasteiger partial charge on any atom is 0.317 e. The Kier molecular flexibility index (Phi) is 8.53. The third-order valence-corrected chi connectivity index (χ3v) is 15.6. The lowest BCUT2D eigenvalue weighted by Gasteiger charge is -2.64. The van der Waals surface area contributed by atoms with Gasteiger partial charge in [-0.1, -0.05) is 61.5 Å². The van der Waals surface area contributed by atoms with Gasteiger partial charge in [0.25, 0.3) is 0 Å². The highest BCUT2D eigenvalue weighted by atomic mass is 16.7. The standard InChI is InChI=1S/C38H62O9/c1-21(12-16-36(9,44)32(2,3)4)22-13-17-37-25-11-10-24-33(5,6)26(46-30-29(42)28(41)27(40)23(20-39)45-30)14-15-35(24,8)38(25,47-31(37)43)19-18-34(22,37)7/h11,21-24,26-30,39-42,44H,10,12-20H2,1-9H3/t21-,22-,23-,24+,26+,27+,28+,29-,30+,34-,35+,36-,37+,38-/m1/s1. The highest BCUT2D eigenvalue weighted by Gasteiger charge is 2.80. The monoisotopic (exact) mass is 662 g/mol. The average molecular weight is 663 g/mol. The van der Waals surface area contributed by atoms with Gasteiger partial charge in [-0.15, -0.1) is 0 Å². The fourth-order valence-corrected chi connectivity index (χ4v) is 11.8. The van der Waals surface area contributed by atoms with Gasteiger partial charge < -0.3 is 39.7 Å². The Bertz CT molecular complexity index is 1270. The second-order valence-electron chi connectivity index (χ2n) is 18.7. The molecule has 0 aromatic carbocycles. The van der Waals surface area contributed by atoms with Crippen LogP contribution in [0.1, 0.15) is 120 Å². The van der Waals surface area contributed by atoms with Crippen molar-refractivity contribution in [3.8, 4) is 0 Å². The van der Waals surface area contributed by atoms with E-state index in [-0.39, 0.29) is 34.2 Å². The van der Waals surface area contributed by atoms with E-state index in [9.17, 15) is 30.3 Å². The quantitative estimate of drug-likeness (QED) is 0.194. The van der Waals surface area contributed by atoms with Crippen molar-refractivity contribution in [2.45, 2.75) is 168 Å². The van der Waals surface area contributed by atoms with E-state index < -0.39 is 59.3 Å². The summed E-state index contributed by atoms with van der Waals surface area (Å²) in [6.07, 6.45) is 2.83. The van der Waals surface area contributed by atoms with Crippen molar-refractivity contribution >= 4 is 5.97 Å².